The van der Waals surface area contributed by atoms with E-state index in [1.165, 1.54) is 12.1 Å². The summed E-state index contributed by atoms with van der Waals surface area (Å²) in [5.41, 5.74) is 0.506. The van der Waals surface area contributed by atoms with Gasteiger partial charge in [-0.1, -0.05) is 0 Å². The lowest BCUT2D eigenvalue weighted by molar-refractivity contribution is -0.121. The van der Waals surface area contributed by atoms with Gasteiger partial charge in [-0.25, -0.2) is 4.79 Å². The number of nitrogens with one attached hydrogen (secondary N) is 1. The molecule has 3 atom stereocenters. The Morgan fingerprint density at radius 3 is 2.70 bits per heavy atom. The topological polar surface area (TPSA) is 84.9 Å². The lowest BCUT2D eigenvalue weighted by Crippen LogP contribution is -2.30. The van der Waals surface area contributed by atoms with Gasteiger partial charge < -0.3 is 19.9 Å². The summed E-state index contributed by atoms with van der Waals surface area (Å²) in [5.74, 6) is -0.871. The largest absolute Gasteiger partial charge is 0.489 e. The Bertz CT molecular complexity index is 627. The summed E-state index contributed by atoms with van der Waals surface area (Å²) in [6, 6.07) is 4.48. The van der Waals surface area contributed by atoms with Gasteiger partial charge in [0.2, 0.25) is 5.91 Å². The van der Waals surface area contributed by atoms with Gasteiger partial charge >= 0.3 is 5.97 Å². The fraction of sp³-hybridized carbons (Fsp3) is 0.529. The molecule has 0 aliphatic carbocycles. The minimum Gasteiger partial charge on any atom is -0.489 e. The average molecular weight is 319 g/mol. The van der Waals surface area contributed by atoms with Crippen LogP contribution in [0.4, 0.5) is 5.69 Å². The summed E-state index contributed by atoms with van der Waals surface area (Å²) in [7, 11) is 0. The van der Waals surface area contributed by atoms with Crippen molar-refractivity contribution in [2.75, 3.05) is 5.32 Å². The van der Waals surface area contributed by atoms with Crippen LogP contribution >= 0.6 is 0 Å². The standard InChI is InChI=1S/C17H21NO5/c1-9(2)22-15-5-3-10(17(20)21)7-13(15)18-16(19)12-8-11-4-6-14(12)23-11/h3,5,7,9,11-12,14H,4,6,8H2,1-2H3,(H,18,19)(H,20,21). The number of rotatable bonds is 5. The van der Waals surface area contributed by atoms with Crippen LogP contribution in [0.15, 0.2) is 18.2 Å². The predicted octanol–water partition coefficient (Wildman–Crippen LogP) is 2.68. The zero-order valence-electron chi connectivity index (χ0n) is 13.2. The van der Waals surface area contributed by atoms with Crippen molar-refractivity contribution in [2.45, 2.75) is 51.4 Å². The van der Waals surface area contributed by atoms with Crippen LogP contribution in [0, 0.1) is 5.92 Å². The van der Waals surface area contributed by atoms with Gasteiger partial charge in [0.05, 0.1) is 35.5 Å². The van der Waals surface area contributed by atoms with E-state index in [2.05, 4.69) is 5.32 Å². The summed E-state index contributed by atoms with van der Waals surface area (Å²) in [6.07, 6.45) is 2.75. The maximum atomic E-state index is 12.5. The Kier molecular flexibility index (Phi) is 4.26. The van der Waals surface area contributed by atoms with E-state index in [0.29, 0.717) is 11.4 Å². The SMILES string of the molecule is CC(C)Oc1ccc(C(=O)O)cc1NC(=O)C1CC2CCC1O2. The van der Waals surface area contributed by atoms with E-state index < -0.39 is 5.97 Å². The quantitative estimate of drug-likeness (QED) is 0.871. The molecule has 0 saturated carbocycles. The Labute approximate surface area is 134 Å². The molecule has 2 fully saturated rings. The first-order chi connectivity index (χ1) is 10.9. The number of carbonyl (C=O) groups excluding carboxylic acids is 1. The minimum atomic E-state index is -1.04. The lowest BCUT2D eigenvalue weighted by Gasteiger charge is -2.20. The second-order valence-electron chi connectivity index (χ2n) is 6.39. The molecule has 2 aliphatic rings. The molecule has 2 saturated heterocycles. The van der Waals surface area contributed by atoms with Crippen molar-refractivity contribution in [2.24, 2.45) is 5.92 Å². The van der Waals surface area contributed by atoms with Crippen LogP contribution in [0.2, 0.25) is 0 Å². The Hall–Kier alpha value is -2.08. The van der Waals surface area contributed by atoms with E-state index in [0.717, 1.165) is 19.3 Å². The number of carboxylic acids is 1. The second-order valence-corrected chi connectivity index (χ2v) is 6.39. The molecule has 2 aliphatic heterocycles. The summed E-state index contributed by atoms with van der Waals surface area (Å²) in [6.45, 7) is 3.75. The summed E-state index contributed by atoms with van der Waals surface area (Å²) in [5, 5.41) is 12.0. The molecule has 1 aromatic carbocycles. The van der Waals surface area contributed by atoms with Crippen LogP contribution < -0.4 is 10.1 Å². The highest BCUT2D eigenvalue weighted by atomic mass is 16.5. The van der Waals surface area contributed by atoms with Gasteiger partial charge in [0.15, 0.2) is 0 Å². The summed E-state index contributed by atoms with van der Waals surface area (Å²) in [4.78, 5) is 23.7. The van der Waals surface area contributed by atoms with E-state index in [4.69, 9.17) is 14.6 Å². The molecule has 124 valence electrons. The molecule has 3 rings (SSSR count). The van der Waals surface area contributed by atoms with Crippen molar-refractivity contribution in [3.63, 3.8) is 0 Å². The minimum absolute atomic E-state index is 0.0166. The second kappa shape index (κ2) is 6.20. The molecule has 2 bridgehead atoms. The molecule has 1 aromatic rings. The molecule has 2 N–H and O–H groups in total. The Morgan fingerprint density at radius 2 is 2.13 bits per heavy atom. The molecule has 0 radical (unpaired) electrons. The fourth-order valence-corrected chi connectivity index (χ4v) is 3.26. The molecule has 2 heterocycles. The highest BCUT2D eigenvalue weighted by Gasteiger charge is 2.44. The molecular weight excluding hydrogens is 298 g/mol. The van der Waals surface area contributed by atoms with Crippen LogP contribution in [0.1, 0.15) is 43.5 Å². The number of ether oxygens (including phenoxy) is 2. The van der Waals surface area contributed by atoms with Crippen molar-refractivity contribution in [3.05, 3.63) is 23.8 Å². The van der Waals surface area contributed by atoms with Crippen molar-refractivity contribution < 1.29 is 24.2 Å². The van der Waals surface area contributed by atoms with Crippen LogP contribution in [0.25, 0.3) is 0 Å². The van der Waals surface area contributed by atoms with E-state index in [1.807, 2.05) is 13.8 Å². The molecule has 0 spiro atoms. The number of fused-ring (bicyclic) bond motifs is 2. The molecule has 3 unspecified atom stereocenters. The maximum Gasteiger partial charge on any atom is 0.335 e. The predicted molar refractivity (Wildman–Crippen MR) is 83.8 cm³/mol. The Morgan fingerprint density at radius 1 is 1.35 bits per heavy atom. The van der Waals surface area contributed by atoms with Gasteiger partial charge in [-0.05, 0) is 51.3 Å². The van der Waals surface area contributed by atoms with Gasteiger partial charge in [-0.3, -0.25) is 4.79 Å². The zero-order valence-corrected chi connectivity index (χ0v) is 13.2. The third-order valence-corrected chi connectivity index (χ3v) is 4.29. The van der Waals surface area contributed by atoms with E-state index in [9.17, 15) is 9.59 Å². The van der Waals surface area contributed by atoms with Crippen molar-refractivity contribution >= 4 is 17.6 Å². The smallest absolute Gasteiger partial charge is 0.335 e. The van der Waals surface area contributed by atoms with Crippen LogP contribution in [0.3, 0.4) is 0 Å². The average Bonchev–Trinajstić information content (AvgIpc) is 3.11. The number of carbonyl (C=O) groups is 2. The molecule has 6 nitrogen and oxygen atoms in total. The van der Waals surface area contributed by atoms with Gasteiger partial charge in [-0.15, -0.1) is 0 Å². The lowest BCUT2D eigenvalue weighted by atomic mass is 9.88. The van der Waals surface area contributed by atoms with Gasteiger partial charge in [0.1, 0.15) is 5.75 Å². The third-order valence-electron chi connectivity index (χ3n) is 4.29. The number of anilines is 1. The van der Waals surface area contributed by atoms with E-state index in [-0.39, 0.29) is 35.7 Å². The number of amides is 1. The number of carboxylic acid groups (broad SMARTS) is 1. The zero-order chi connectivity index (χ0) is 16.6. The maximum absolute atomic E-state index is 12.5. The van der Waals surface area contributed by atoms with E-state index in [1.54, 1.807) is 6.07 Å². The molecular formula is C17H21NO5. The van der Waals surface area contributed by atoms with Gasteiger partial charge in [-0.2, -0.15) is 0 Å². The summed E-state index contributed by atoms with van der Waals surface area (Å²) >= 11 is 0. The number of hydrogen-bond donors (Lipinski definition) is 2. The highest BCUT2D eigenvalue weighted by molar-refractivity contribution is 5.97. The first-order valence-corrected chi connectivity index (χ1v) is 7.94. The number of aromatic carboxylic acids is 1. The molecule has 6 heteroatoms. The molecule has 1 amide bonds. The Balaban J connectivity index is 1.80. The summed E-state index contributed by atoms with van der Waals surface area (Å²) < 4.78 is 11.4. The van der Waals surface area contributed by atoms with Crippen molar-refractivity contribution in [1.29, 1.82) is 0 Å². The molecule has 0 aromatic heterocycles. The first kappa shape index (κ1) is 15.8. The fourth-order valence-electron chi connectivity index (χ4n) is 3.26. The van der Waals surface area contributed by atoms with Gasteiger partial charge in [0.25, 0.3) is 0 Å². The van der Waals surface area contributed by atoms with Crippen LogP contribution in [-0.4, -0.2) is 35.3 Å². The number of hydrogen-bond acceptors (Lipinski definition) is 4. The van der Waals surface area contributed by atoms with Crippen molar-refractivity contribution in [1.82, 2.24) is 0 Å². The van der Waals surface area contributed by atoms with E-state index >= 15 is 0 Å². The highest BCUT2D eigenvalue weighted by Crippen LogP contribution is 2.39. The van der Waals surface area contributed by atoms with Crippen molar-refractivity contribution in [3.8, 4) is 5.75 Å². The third kappa shape index (κ3) is 3.32. The van der Waals surface area contributed by atoms with Crippen LogP contribution in [0.5, 0.6) is 5.75 Å². The normalized spacial score (nSPS) is 25.6. The monoisotopic (exact) mass is 319 g/mol. The number of benzene rings is 1. The van der Waals surface area contributed by atoms with Crippen LogP contribution in [-0.2, 0) is 9.53 Å². The first-order valence-electron chi connectivity index (χ1n) is 7.94. The van der Waals surface area contributed by atoms with Gasteiger partial charge in [0, 0.05) is 0 Å². The molecule has 23 heavy (non-hydrogen) atoms.